The smallest absolute Gasteiger partial charge is 0.163 e. The number of ether oxygens (including phenoxy) is 2. The van der Waals surface area contributed by atoms with Gasteiger partial charge in [0.25, 0.3) is 0 Å². The molecule has 25 heavy (non-hydrogen) atoms. The summed E-state index contributed by atoms with van der Waals surface area (Å²) < 4.78 is 13.1. The van der Waals surface area contributed by atoms with Crippen molar-refractivity contribution < 1.29 is 9.47 Å². The van der Waals surface area contributed by atoms with Crippen LogP contribution >= 0.6 is 0 Å². The van der Waals surface area contributed by atoms with E-state index >= 15 is 0 Å². The highest BCUT2D eigenvalue weighted by Crippen LogP contribution is 2.34. The molecule has 0 saturated carbocycles. The molecule has 3 aromatic rings. The second-order valence-electron chi connectivity index (χ2n) is 6.13. The van der Waals surface area contributed by atoms with Crippen LogP contribution in [0.3, 0.4) is 0 Å². The van der Waals surface area contributed by atoms with Crippen LogP contribution in [0.25, 0.3) is 11.0 Å². The Balaban J connectivity index is 2.16. The van der Waals surface area contributed by atoms with E-state index in [1.54, 1.807) is 14.2 Å². The third-order valence-electron chi connectivity index (χ3n) is 4.40. The molecule has 0 radical (unpaired) electrons. The van der Waals surface area contributed by atoms with Gasteiger partial charge in [0.15, 0.2) is 11.5 Å². The largest absolute Gasteiger partial charge is 0.493 e. The van der Waals surface area contributed by atoms with Gasteiger partial charge >= 0.3 is 0 Å². The van der Waals surface area contributed by atoms with E-state index in [4.69, 9.17) is 20.2 Å². The summed E-state index contributed by atoms with van der Waals surface area (Å²) >= 11 is 0. The highest BCUT2D eigenvalue weighted by molar-refractivity contribution is 5.81. The van der Waals surface area contributed by atoms with E-state index in [0.717, 1.165) is 36.2 Å². The number of nitrogens with zero attached hydrogens (tertiary/aromatic N) is 2. The predicted molar refractivity (Wildman–Crippen MR) is 100 cm³/mol. The molecule has 0 aliphatic carbocycles. The van der Waals surface area contributed by atoms with Crippen molar-refractivity contribution in [1.29, 1.82) is 0 Å². The van der Waals surface area contributed by atoms with E-state index < -0.39 is 0 Å². The molecule has 0 saturated heterocycles. The second-order valence-corrected chi connectivity index (χ2v) is 6.13. The van der Waals surface area contributed by atoms with E-state index in [2.05, 4.69) is 23.6 Å². The lowest BCUT2D eigenvalue weighted by molar-refractivity contribution is 0.355. The minimum atomic E-state index is -0.0990. The average molecular weight is 339 g/mol. The van der Waals surface area contributed by atoms with Gasteiger partial charge < -0.3 is 19.8 Å². The van der Waals surface area contributed by atoms with Gasteiger partial charge in [-0.1, -0.05) is 43.7 Å². The molecule has 0 fully saturated rings. The van der Waals surface area contributed by atoms with Crippen LogP contribution in [-0.4, -0.2) is 23.8 Å². The topological polar surface area (TPSA) is 62.3 Å². The lowest BCUT2D eigenvalue weighted by atomic mass is 10.1. The van der Waals surface area contributed by atoms with E-state index in [0.29, 0.717) is 11.5 Å². The molecule has 1 aromatic heterocycles. The van der Waals surface area contributed by atoms with Crippen LogP contribution in [0.2, 0.25) is 0 Å². The number of methoxy groups -OCH3 is 2. The van der Waals surface area contributed by atoms with Crippen molar-refractivity contribution in [2.45, 2.75) is 32.4 Å². The maximum Gasteiger partial charge on any atom is 0.163 e. The highest BCUT2D eigenvalue weighted by atomic mass is 16.5. The molecule has 1 unspecified atom stereocenters. The summed E-state index contributed by atoms with van der Waals surface area (Å²) in [4.78, 5) is 4.81. The molecule has 1 atom stereocenters. The van der Waals surface area contributed by atoms with Crippen molar-refractivity contribution in [2.75, 3.05) is 14.2 Å². The Kier molecular flexibility index (Phi) is 5.24. The Morgan fingerprint density at radius 1 is 1.08 bits per heavy atom. The minimum absolute atomic E-state index is 0.0990. The highest BCUT2D eigenvalue weighted by Gasteiger charge is 2.19. The number of imidazole rings is 1. The van der Waals surface area contributed by atoms with Crippen LogP contribution in [0.1, 0.15) is 37.2 Å². The first kappa shape index (κ1) is 17.3. The SMILES string of the molecule is CCCC(N)c1nc2cc(OC)c(OC)cc2n1Cc1ccccc1. The van der Waals surface area contributed by atoms with Gasteiger partial charge in [-0.2, -0.15) is 0 Å². The molecule has 2 N–H and O–H groups in total. The van der Waals surface area contributed by atoms with E-state index in [-0.39, 0.29) is 6.04 Å². The number of benzene rings is 2. The molecule has 0 aliphatic rings. The molecule has 0 amide bonds. The normalized spacial score (nSPS) is 12.3. The molecule has 132 valence electrons. The monoisotopic (exact) mass is 339 g/mol. The molecular formula is C20H25N3O2. The first-order valence-corrected chi connectivity index (χ1v) is 8.59. The first-order chi connectivity index (χ1) is 12.2. The van der Waals surface area contributed by atoms with Crippen molar-refractivity contribution >= 4 is 11.0 Å². The number of hydrogen-bond donors (Lipinski definition) is 1. The number of nitrogens with two attached hydrogens (primary N) is 1. The lowest BCUT2D eigenvalue weighted by Gasteiger charge is -2.15. The summed E-state index contributed by atoms with van der Waals surface area (Å²) in [5, 5.41) is 0. The molecular weight excluding hydrogens is 314 g/mol. The Labute approximate surface area is 148 Å². The number of aromatic nitrogens is 2. The van der Waals surface area contributed by atoms with Gasteiger partial charge in [0.2, 0.25) is 0 Å². The summed E-state index contributed by atoms with van der Waals surface area (Å²) in [5.41, 5.74) is 9.50. The maximum atomic E-state index is 6.42. The predicted octanol–water partition coefficient (Wildman–Crippen LogP) is 3.90. The third-order valence-corrected chi connectivity index (χ3v) is 4.40. The minimum Gasteiger partial charge on any atom is -0.493 e. The van der Waals surface area contributed by atoms with Crippen LogP contribution in [0.5, 0.6) is 11.5 Å². The van der Waals surface area contributed by atoms with Gasteiger partial charge in [-0.05, 0) is 12.0 Å². The fourth-order valence-corrected chi connectivity index (χ4v) is 3.13. The van der Waals surface area contributed by atoms with Gasteiger partial charge in [0.1, 0.15) is 5.82 Å². The molecule has 0 aliphatic heterocycles. The Hall–Kier alpha value is -2.53. The van der Waals surface area contributed by atoms with Crippen molar-refractivity contribution in [3.8, 4) is 11.5 Å². The van der Waals surface area contributed by atoms with Crippen LogP contribution in [-0.2, 0) is 6.54 Å². The fraction of sp³-hybridized carbons (Fsp3) is 0.350. The molecule has 0 spiro atoms. The molecule has 5 heteroatoms. The molecule has 3 rings (SSSR count). The Bertz CT molecular complexity index is 843. The van der Waals surface area contributed by atoms with Gasteiger partial charge in [-0.25, -0.2) is 4.98 Å². The van der Waals surface area contributed by atoms with Gasteiger partial charge in [-0.3, -0.25) is 0 Å². The van der Waals surface area contributed by atoms with Crippen molar-refractivity contribution in [2.24, 2.45) is 5.73 Å². The summed E-state index contributed by atoms with van der Waals surface area (Å²) in [6, 6.07) is 14.1. The second kappa shape index (κ2) is 7.57. The van der Waals surface area contributed by atoms with Crippen LogP contribution in [0.15, 0.2) is 42.5 Å². The third kappa shape index (κ3) is 3.46. The fourth-order valence-electron chi connectivity index (χ4n) is 3.13. The number of hydrogen-bond acceptors (Lipinski definition) is 4. The Morgan fingerprint density at radius 3 is 2.40 bits per heavy atom. The van der Waals surface area contributed by atoms with E-state index in [1.165, 1.54) is 5.56 Å². The summed E-state index contributed by atoms with van der Waals surface area (Å²) in [5.74, 6) is 2.27. The van der Waals surface area contributed by atoms with Gasteiger partial charge in [0.05, 0.1) is 31.3 Å². The van der Waals surface area contributed by atoms with Crippen molar-refractivity contribution in [3.63, 3.8) is 0 Å². The summed E-state index contributed by atoms with van der Waals surface area (Å²) in [6.45, 7) is 2.86. The number of rotatable bonds is 7. The zero-order valence-electron chi connectivity index (χ0n) is 15.0. The van der Waals surface area contributed by atoms with E-state index in [9.17, 15) is 0 Å². The zero-order chi connectivity index (χ0) is 17.8. The van der Waals surface area contributed by atoms with Crippen LogP contribution in [0.4, 0.5) is 0 Å². The molecule has 1 heterocycles. The first-order valence-electron chi connectivity index (χ1n) is 8.59. The van der Waals surface area contributed by atoms with Crippen LogP contribution in [0, 0.1) is 0 Å². The van der Waals surface area contributed by atoms with E-state index in [1.807, 2.05) is 30.3 Å². The molecule has 5 nitrogen and oxygen atoms in total. The maximum absolute atomic E-state index is 6.42. The van der Waals surface area contributed by atoms with Gasteiger partial charge in [-0.15, -0.1) is 0 Å². The van der Waals surface area contributed by atoms with Gasteiger partial charge in [0, 0.05) is 18.7 Å². The molecule has 2 aromatic carbocycles. The lowest BCUT2D eigenvalue weighted by Crippen LogP contribution is -2.17. The quantitative estimate of drug-likeness (QED) is 0.709. The van der Waals surface area contributed by atoms with Crippen LogP contribution < -0.4 is 15.2 Å². The summed E-state index contributed by atoms with van der Waals surface area (Å²) in [7, 11) is 3.28. The summed E-state index contributed by atoms with van der Waals surface area (Å²) in [6.07, 6.45) is 1.91. The zero-order valence-corrected chi connectivity index (χ0v) is 15.0. The standard InChI is InChI=1S/C20H25N3O2/c1-4-8-15(21)20-22-16-11-18(24-2)19(25-3)12-17(16)23(20)13-14-9-6-5-7-10-14/h5-7,9-12,15H,4,8,13,21H2,1-3H3. The average Bonchev–Trinajstić information content (AvgIpc) is 2.99. The Morgan fingerprint density at radius 2 is 1.76 bits per heavy atom. The van der Waals surface area contributed by atoms with Crippen molar-refractivity contribution in [1.82, 2.24) is 9.55 Å². The van der Waals surface area contributed by atoms with Crippen molar-refractivity contribution in [3.05, 3.63) is 53.9 Å². The molecule has 0 bridgehead atoms. The number of fused-ring (bicyclic) bond motifs is 1.